The van der Waals surface area contributed by atoms with E-state index in [1.54, 1.807) is 18.2 Å². The van der Waals surface area contributed by atoms with Crippen LogP contribution in [0.3, 0.4) is 0 Å². The van der Waals surface area contributed by atoms with Crippen molar-refractivity contribution in [1.82, 2.24) is 0 Å². The quantitative estimate of drug-likeness (QED) is 0.811. The van der Waals surface area contributed by atoms with Crippen molar-refractivity contribution in [2.75, 3.05) is 25.6 Å². The third-order valence-electron chi connectivity index (χ3n) is 2.83. The molecular weight excluding hydrogens is 274 g/mol. The van der Waals surface area contributed by atoms with Gasteiger partial charge in [-0.2, -0.15) is 0 Å². The number of rotatable bonds is 5. The zero-order valence-corrected chi connectivity index (χ0v) is 11.5. The standard InChI is InChI=1S/C15H15NO5/c1-20-14(18)13-11(16-7-8-17)9-12(21-15(13)19)10-5-3-2-4-6-10/h2-6,9,16-17H,7-8H2,1H3. The number of aliphatic hydroxyl groups excluding tert-OH is 1. The molecule has 0 radical (unpaired) electrons. The number of anilines is 1. The van der Waals surface area contributed by atoms with Gasteiger partial charge >= 0.3 is 11.6 Å². The van der Waals surface area contributed by atoms with Gasteiger partial charge in [0, 0.05) is 18.2 Å². The average Bonchev–Trinajstić information content (AvgIpc) is 2.52. The fourth-order valence-electron chi connectivity index (χ4n) is 1.86. The van der Waals surface area contributed by atoms with E-state index >= 15 is 0 Å². The molecule has 0 aliphatic carbocycles. The fourth-order valence-corrected chi connectivity index (χ4v) is 1.86. The molecule has 0 aliphatic rings. The number of hydrogen-bond acceptors (Lipinski definition) is 6. The lowest BCUT2D eigenvalue weighted by Gasteiger charge is -2.10. The molecular formula is C15H15NO5. The molecule has 0 amide bonds. The van der Waals surface area contributed by atoms with E-state index < -0.39 is 11.6 Å². The predicted octanol–water partition coefficient (Wildman–Crippen LogP) is 1.50. The Kier molecular flexibility index (Phi) is 4.73. The molecule has 110 valence electrons. The summed E-state index contributed by atoms with van der Waals surface area (Å²) in [6.07, 6.45) is 0. The SMILES string of the molecule is COC(=O)c1c(NCCO)cc(-c2ccccc2)oc1=O. The Morgan fingerprint density at radius 1 is 1.33 bits per heavy atom. The molecule has 0 spiro atoms. The highest BCUT2D eigenvalue weighted by molar-refractivity contribution is 5.95. The Hall–Kier alpha value is -2.60. The van der Waals surface area contributed by atoms with Crippen molar-refractivity contribution in [2.24, 2.45) is 0 Å². The molecule has 0 fully saturated rings. The zero-order chi connectivity index (χ0) is 15.2. The van der Waals surface area contributed by atoms with Crippen LogP contribution < -0.4 is 10.9 Å². The number of carbonyl (C=O) groups is 1. The van der Waals surface area contributed by atoms with Crippen LogP contribution in [0, 0.1) is 0 Å². The lowest BCUT2D eigenvalue weighted by atomic mass is 10.1. The first-order valence-corrected chi connectivity index (χ1v) is 6.34. The first-order valence-electron chi connectivity index (χ1n) is 6.34. The second-order valence-electron chi connectivity index (χ2n) is 4.19. The van der Waals surface area contributed by atoms with Crippen molar-refractivity contribution in [1.29, 1.82) is 0 Å². The van der Waals surface area contributed by atoms with Crippen molar-refractivity contribution in [2.45, 2.75) is 0 Å². The van der Waals surface area contributed by atoms with Crippen LogP contribution in [0.5, 0.6) is 0 Å². The summed E-state index contributed by atoms with van der Waals surface area (Å²) in [5.74, 6) is -0.461. The summed E-state index contributed by atoms with van der Waals surface area (Å²) in [5, 5.41) is 11.7. The molecule has 0 unspecified atom stereocenters. The minimum absolute atomic E-state index is 0.137. The smallest absolute Gasteiger partial charge is 0.353 e. The van der Waals surface area contributed by atoms with E-state index in [4.69, 9.17) is 9.52 Å². The molecule has 1 heterocycles. The van der Waals surface area contributed by atoms with E-state index in [1.165, 1.54) is 7.11 Å². The molecule has 6 heteroatoms. The van der Waals surface area contributed by atoms with Crippen LogP contribution in [-0.4, -0.2) is 31.3 Å². The summed E-state index contributed by atoms with van der Waals surface area (Å²) in [7, 11) is 1.18. The highest BCUT2D eigenvalue weighted by atomic mass is 16.5. The van der Waals surface area contributed by atoms with E-state index in [1.807, 2.05) is 18.2 Å². The number of aliphatic hydroxyl groups is 1. The number of methoxy groups -OCH3 is 1. The molecule has 21 heavy (non-hydrogen) atoms. The van der Waals surface area contributed by atoms with Crippen molar-refractivity contribution in [3.05, 3.63) is 52.4 Å². The monoisotopic (exact) mass is 289 g/mol. The molecule has 6 nitrogen and oxygen atoms in total. The Morgan fingerprint density at radius 2 is 2.05 bits per heavy atom. The predicted molar refractivity (Wildman–Crippen MR) is 77.3 cm³/mol. The van der Waals surface area contributed by atoms with Gasteiger partial charge in [0.25, 0.3) is 0 Å². The summed E-state index contributed by atoms with van der Waals surface area (Å²) in [4.78, 5) is 23.7. The van der Waals surface area contributed by atoms with Gasteiger partial charge in [-0.25, -0.2) is 9.59 Å². The fraction of sp³-hybridized carbons (Fsp3) is 0.200. The third kappa shape index (κ3) is 3.29. The second kappa shape index (κ2) is 6.71. The summed E-state index contributed by atoms with van der Waals surface area (Å²) in [6.45, 7) is 0.0587. The maximum atomic E-state index is 12.0. The number of esters is 1. The van der Waals surface area contributed by atoms with Crippen molar-refractivity contribution >= 4 is 11.7 Å². The number of carbonyl (C=O) groups excluding carboxylic acids is 1. The van der Waals surface area contributed by atoms with Crippen LogP contribution in [0.15, 0.2) is 45.6 Å². The minimum Gasteiger partial charge on any atom is -0.465 e. The van der Waals surface area contributed by atoms with E-state index in [9.17, 15) is 9.59 Å². The van der Waals surface area contributed by atoms with Crippen LogP contribution in [0.1, 0.15) is 10.4 Å². The van der Waals surface area contributed by atoms with Crippen LogP contribution in [0.2, 0.25) is 0 Å². The number of benzene rings is 1. The Morgan fingerprint density at radius 3 is 2.67 bits per heavy atom. The Labute approximate surface area is 121 Å². The lowest BCUT2D eigenvalue weighted by molar-refractivity contribution is 0.0597. The Balaban J connectivity index is 2.54. The zero-order valence-electron chi connectivity index (χ0n) is 11.5. The van der Waals surface area contributed by atoms with E-state index in [2.05, 4.69) is 10.1 Å². The van der Waals surface area contributed by atoms with E-state index in [-0.39, 0.29) is 24.4 Å². The van der Waals surface area contributed by atoms with E-state index in [0.29, 0.717) is 11.3 Å². The van der Waals surface area contributed by atoms with Crippen LogP contribution in [-0.2, 0) is 4.74 Å². The minimum atomic E-state index is -0.788. The molecule has 1 aromatic carbocycles. The van der Waals surface area contributed by atoms with Gasteiger partial charge in [-0.05, 0) is 0 Å². The van der Waals surface area contributed by atoms with Crippen molar-refractivity contribution in [3.8, 4) is 11.3 Å². The van der Waals surface area contributed by atoms with Crippen LogP contribution in [0.25, 0.3) is 11.3 Å². The second-order valence-corrected chi connectivity index (χ2v) is 4.19. The van der Waals surface area contributed by atoms with Gasteiger partial charge < -0.3 is 19.6 Å². The number of hydrogen-bond donors (Lipinski definition) is 2. The molecule has 0 saturated carbocycles. The largest absolute Gasteiger partial charge is 0.465 e. The summed E-state index contributed by atoms with van der Waals surface area (Å²) in [5.41, 5.74) is -0.0293. The molecule has 0 saturated heterocycles. The molecule has 2 rings (SSSR count). The summed E-state index contributed by atoms with van der Waals surface area (Å²) >= 11 is 0. The molecule has 0 aliphatic heterocycles. The lowest BCUT2D eigenvalue weighted by Crippen LogP contribution is -2.20. The molecule has 0 atom stereocenters. The van der Waals surface area contributed by atoms with Crippen molar-refractivity contribution < 1.29 is 19.1 Å². The van der Waals surface area contributed by atoms with Crippen molar-refractivity contribution in [3.63, 3.8) is 0 Å². The maximum absolute atomic E-state index is 12.0. The first kappa shape index (κ1) is 14.8. The van der Waals surface area contributed by atoms with Gasteiger partial charge in [-0.3, -0.25) is 0 Å². The van der Waals surface area contributed by atoms with Gasteiger partial charge in [-0.15, -0.1) is 0 Å². The molecule has 1 aromatic heterocycles. The van der Waals surface area contributed by atoms with E-state index in [0.717, 1.165) is 0 Å². The normalized spacial score (nSPS) is 10.2. The van der Waals surface area contributed by atoms with Gasteiger partial charge in [-0.1, -0.05) is 30.3 Å². The number of nitrogens with one attached hydrogen (secondary N) is 1. The molecule has 2 aromatic rings. The highest BCUT2D eigenvalue weighted by Crippen LogP contribution is 2.23. The average molecular weight is 289 g/mol. The molecule has 0 bridgehead atoms. The third-order valence-corrected chi connectivity index (χ3v) is 2.83. The van der Waals surface area contributed by atoms with Crippen LogP contribution in [0.4, 0.5) is 5.69 Å². The van der Waals surface area contributed by atoms with Gasteiger partial charge in [0.05, 0.1) is 19.4 Å². The first-order chi connectivity index (χ1) is 10.2. The summed E-state index contributed by atoms with van der Waals surface area (Å²) < 4.78 is 9.76. The summed E-state index contributed by atoms with van der Waals surface area (Å²) in [6, 6.07) is 10.6. The highest BCUT2D eigenvalue weighted by Gasteiger charge is 2.20. The number of ether oxygens (including phenoxy) is 1. The Bertz CT molecular complexity index is 678. The van der Waals surface area contributed by atoms with Gasteiger partial charge in [0.15, 0.2) is 5.56 Å². The maximum Gasteiger partial charge on any atom is 0.353 e. The van der Waals surface area contributed by atoms with Gasteiger partial charge in [0.2, 0.25) is 0 Å². The molecule has 2 N–H and O–H groups in total. The van der Waals surface area contributed by atoms with Gasteiger partial charge in [0.1, 0.15) is 5.76 Å². The van der Waals surface area contributed by atoms with Crippen LogP contribution >= 0.6 is 0 Å². The topological polar surface area (TPSA) is 88.8 Å².